The zero-order chi connectivity index (χ0) is 14.6. The highest BCUT2D eigenvalue weighted by Crippen LogP contribution is 2.15. The maximum Gasteiger partial charge on any atom is 0.175 e. The summed E-state index contributed by atoms with van der Waals surface area (Å²) in [6.45, 7) is 0. The second-order valence-corrected chi connectivity index (χ2v) is 6.46. The summed E-state index contributed by atoms with van der Waals surface area (Å²) in [6.07, 6.45) is 5.11. The van der Waals surface area contributed by atoms with Crippen molar-refractivity contribution in [1.29, 1.82) is 0 Å². The van der Waals surface area contributed by atoms with Crippen LogP contribution in [0, 0.1) is 0 Å². The minimum absolute atomic E-state index is 0.332. The van der Waals surface area contributed by atoms with Crippen molar-refractivity contribution < 1.29 is 13.2 Å². The smallest absolute Gasteiger partial charge is 0.175 e. The standard InChI is InChI=1S/C16H16O3S/c1-19-15-9-5-13(6-10-15)3-4-14-7-11-16(12-8-14)20(2,17)18/h3-12H,1-2H3. The van der Waals surface area contributed by atoms with Gasteiger partial charge in [0.05, 0.1) is 12.0 Å². The van der Waals surface area contributed by atoms with Crippen LogP contribution in [-0.2, 0) is 9.84 Å². The minimum Gasteiger partial charge on any atom is -0.497 e. The Morgan fingerprint density at radius 1 is 0.850 bits per heavy atom. The Labute approximate surface area is 119 Å². The Bertz CT molecular complexity index is 696. The third-order valence-corrected chi connectivity index (χ3v) is 4.02. The van der Waals surface area contributed by atoms with Gasteiger partial charge in [-0.3, -0.25) is 0 Å². The summed E-state index contributed by atoms with van der Waals surface area (Å²) in [6, 6.07) is 14.5. The van der Waals surface area contributed by atoms with E-state index in [1.165, 1.54) is 6.26 Å². The maximum atomic E-state index is 11.4. The van der Waals surface area contributed by atoms with Crippen LogP contribution in [0.2, 0.25) is 0 Å². The lowest BCUT2D eigenvalue weighted by Gasteiger charge is -2.00. The molecule has 104 valence electrons. The van der Waals surface area contributed by atoms with Gasteiger partial charge in [0.2, 0.25) is 0 Å². The fourth-order valence-electron chi connectivity index (χ4n) is 1.73. The summed E-state index contributed by atoms with van der Waals surface area (Å²) in [7, 11) is -1.50. The van der Waals surface area contributed by atoms with Crippen LogP contribution in [-0.4, -0.2) is 21.8 Å². The van der Waals surface area contributed by atoms with Gasteiger partial charge >= 0.3 is 0 Å². The van der Waals surface area contributed by atoms with Gasteiger partial charge in [-0.15, -0.1) is 0 Å². The molecule has 4 heteroatoms. The van der Waals surface area contributed by atoms with Gasteiger partial charge in [-0.05, 0) is 35.4 Å². The van der Waals surface area contributed by atoms with E-state index in [1.807, 2.05) is 36.4 Å². The molecule has 0 atom stereocenters. The second-order valence-electron chi connectivity index (χ2n) is 4.45. The number of ether oxygens (including phenoxy) is 1. The van der Waals surface area contributed by atoms with E-state index in [4.69, 9.17) is 4.74 Å². The normalized spacial score (nSPS) is 11.7. The molecule has 0 heterocycles. The van der Waals surface area contributed by atoms with Crippen molar-refractivity contribution in [2.75, 3.05) is 13.4 Å². The average Bonchev–Trinajstić information content (AvgIpc) is 2.45. The number of methoxy groups -OCH3 is 1. The fourth-order valence-corrected chi connectivity index (χ4v) is 2.36. The molecule has 0 radical (unpaired) electrons. The van der Waals surface area contributed by atoms with Crippen LogP contribution in [0.5, 0.6) is 5.75 Å². The van der Waals surface area contributed by atoms with E-state index in [0.29, 0.717) is 4.90 Å². The molecule has 0 saturated heterocycles. The SMILES string of the molecule is COc1ccc(C=Cc2ccc(S(C)(=O)=O)cc2)cc1. The third-order valence-electron chi connectivity index (χ3n) is 2.89. The van der Waals surface area contributed by atoms with Gasteiger partial charge in [-0.1, -0.05) is 36.4 Å². The Kier molecular flexibility index (Phi) is 4.25. The highest BCUT2D eigenvalue weighted by atomic mass is 32.2. The molecule has 0 aliphatic carbocycles. The van der Waals surface area contributed by atoms with Gasteiger partial charge < -0.3 is 4.74 Å². The average molecular weight is 288 g/mol. The first-order valence-corrected chi connectivity index (χ1v) is 8.00. The molecule has 0 amide bonds. The number of hydrogen-bond acceptors (Lipinski definition) is 3. The van der Waals surface area contributed by atoms with Gasteiger partial charge in [0.15, 0.2) is 9.84 Å². The molecule has 2 aromatic carbocycles. The highest BCUT2D eigenvalue weighted by molar-refractivity contribution is 7.90. The zero-order valence-electron chi connectivity index (χ0n) is 11.4. The quantitative estimate of drug-likeness (QED) is 0.811. The second kappa shape index (κ2) is 5.92. The molecule has 0 N–H and O–H groups in total. The summed E-state index contributed by atoms with van der Waals surface area (Å²) in [5, 5.41) is 0. The highest BCUT2D eigenvalue weighted by Gasteiger charge is 2.04. The summed E-state index contributed by atoms with van der Waals surface area (Å²) in [4.78, 5) is 0.332. The molecule has 0 aliphatic heterocycles. The van der Waals surface area contributed by atoms with Crippen molar-refractivity contribution in [2.24, 2.45) is 0 Å². The third kappa shape index (κ3) is 3.71. The fraction of sp³-hybridized carbons (Fsp3) is 0.125. The molecular weight excluding hydrogens is 272 g/mol. The molecular formula is C16H16O3S. The van der Waals surface area contributed by atoms with Crippen LogP contribution in [0.4, 0.5) is 0 Å². The lowest BCUT2D eigenvalue weighted by molar-refractivity contribution is 0.415. The molecule has 0 aromatic heterocycles. The van der Waals surface area contributed by atoms with E-state index in [0.717, 1.165) is 16.9 Å². The van der Waals surface area contributed by atoms with Crippen LogP contribution >= 0.6 is 0 Å². The summed E-state index contributed by atoms with van der Waals surface area (Å²) in [5.74, 6) is 0.819. The molecule has 0 spiro atoms. The maximum absolute atomic E-state index is 11.4. The van der Waals surface area contributed by atoms with Crippen LogP contribution in [0.3, 0.4) is 0 Å². The number of hydrogen-bond donors (Lipinski definition) is 0. The lowest BCUT2D eigenvalue weighted by atomic mass is 10.1. The van der Waals surface area contributed by atoms with Crippen molar-refractivity contribution in [3.05, 3.63) is 59.7 Å². The number of benzene rings is 2. The molecule has 0 saturated carbocycles. The molecule has 3 nitrogen and oxygen atoms in total. The van der Waals surface area contributed by atoms with Crippen molar-refractivity contribution >= 4 is 22.0 Å². The molecule has 2 aromatic rings. The van der Waals surface area contributed by atoms with Crippen molar-refractivity contribution in [1.82, 2.24) is 0 Å². The minimum atomic E-state index is -3.13. The van der Waals surface area contributed by atoms with E-state index < -0.39 is 9.84 Å². The first-order chi connectivity index (χ1) is 9.49. The largest absolute Gasteiger partial charge is 0.497 e. The van der Waals surface area contributed by atoms with E-state index in [2.05, 4.69) is 0 Å². The van der Waals surface area contributed by atoms with Crippen molar-refractivity contribution in [2.45, 2.75) is 4.90 Å². The van der Waals surface area contributed by atoms with Gasteiger partial charge in [-0.2, -0.15) is 0 Å². The Hall–Kier alpha value is -2.07. The van der Waals surface area contributed by atoms with E-state index in [1.54, 1.807) is 31.4 Å². The molecule has 0 aliphatic rings. The monoisotopic (exact) mass is 288 g/mol. The predicted molar refractivity (Wildman–Crippen MR) is 81.5 cm³/mol. The van der Waals surface area contributed by atoms with E-state index in [9.17, 15) is 8.42 Å². The van der Waals surface area contributed by atoms with Crippen LogP contribution < -0.4 is 4.74 Å². The predicted octanol–water partition coefficient (Wildman–Crippen LogP) is 3.27. The van der Waals surface area contributed by atoms with Gasteiger partial charge in [0.25, 0.3) is 0 Å². The first-order valence-electron chi connectivity index (χ1n) is 6.11. The first kappa shape index (κ1) is 14.3. The van der Waals surface area contributed by atoms with E-state index in [-0.39, 0.29) is 0 Å². The Morgan fingerprint density at radius 3 is 1.70 bits per heavy atom. The summed E-state index contributed by atoms with van der Waals surface area (Å²) < 4.78 is 27.8. The molecule has 0 unspecified atom stereocenters. The van der Waals surface area contributed by atoms with E-state index >= 15 is 0 Å². The topological polar surface area (TPSA) is 43.4 Å². The Morgan fingerprint density at radius 2 is 1.30 bits per heavy atom. The molecule has 0 bridgehead atoms. The molecule has 0 fully saturated rings. The summed E-state index contributed by atoms with van der Waals surface area (Å²) in [5.41, 5.74) is 2.01. The molecule has 20 heavy (non-hydrogen) atoms. The molecule has 2 rings (SSSR count). The summed E-state index contributed by atoms with van der Waals surface area (Å²) >= 11 is 0. The van der Waals surface area contributed by atoms with Gasteiger partial charge in [0, 0.05) is 6.26 Å². The van der Waals surface area contributed by atoms with Gasteiger partial charge in [-0.25, -0.2) is 8.42 Å². The number of rotatable bonds is 4. The lowest BCUT2D eigenvalue weighted by Crippen LogP contribution is -1.95. The van der Waals surface area contributed by atoms with Crippen LogP contribution in [0.15, 0.2) is 53.4 Å². The number of sulfone groups is 1. The van der Waals surface area contributed by atoms with Crippen molar-refractivity contribution in [3.8, 4) is 5.75 Å². The van der Waals surface area contributed by atoms with Crippen LogP contribution in [0.25, 0.3) is 12.2 Å². The Balaban J connectivity index is 2.14. The van der Waals surface area contributed by atoms with Crippen LogP contribution in [0.1, 0.15) is 11.1 Å². The van der Waals surface area contributed by atoms with Gasteiger partial charge in [0.1, 0.15) is 5.75 Å². The van der Waals surface area contributed by atoms with Crippen molar-refractivity contribution in [3.63, 3.8) is 0 Å². The zero-order valence-corrected chi connectivity index (χ0v) is 12.2.